The molecule has 0 saturated carbocycles. The van der Waals surface area contributed by atoms with Crippen molar-refractivity contribution in [2.24, 2.45) is 4.99 Å². The zero-order chi connectivity index (χ0) is 27.5. The van der Waals surface area contributed by atoms with E-state index in [0.717, 1.165) is 28.2 Å². The Morgan fingerprint density at radius 1 is 1.08 bits per heavy atom. The van der Waals surface area contributed by atoms with Crippen LogP contribution >= 0.6 is 35.0 Å². The van der Waals surface area contributed by atoms with E-state index >= 15 is 0 Å². The quantitative estimate of drug-likeness (QED) is 0.239. The molecule has 1 fully saturated rings. The normalized spacial score (nSPS) is 15.0. The number of hydrogen-bond acceptors (Lipinski definition) is 5. The van der Waals surface area contributed by atoms with Crippen LogP contribution in [-0.2, 0) is 11.4 Å². The summed E-state index contributed by atoms with van der Waals surface area (Å²) in [5.41, 5.74) is 5.87. The van der Waals surface area contributed by atoms with E-state index < -0.39 is 0 Å². The van der Waals surface area contributed by atoms with Gasteiger partial charge in [-0.15, -0.1) is 0 Å². The highest BCUT2D eigenvalue weighted by atomic mass is 35.5. The van der Waals surface area contributed by atoms with E-state index in [1.807, 2.05) is 68.5 Å². The molecule has 5 rings (SSSR count). The summed E-state index contributed by atoms with van der Waals surface area (Å²) >= 11 is 13.6. The number of aryl methyl sites for hydroxylation is 1. The van der Waals surface area contributed by atoms with Gasteiger partial charge < -0.3 is 14.6 Å². The lowest BCUT2D eigenvalue weighted by Gasteiger charge is -2.12. The molecular weight excluding hydrogens is 551 g/mol. The van der Waals surface area contributed by atoms with Gasteiger partial charge in [-0.2, -0.15) is 5.26 Å². The van der Waals surface area contributed by atoms with Crippen LogP contribution in [0.1, 0.15) is 28.1 Å². The summed E-state index contributed by atoms with van der Waals surface area (Å²) in [7, 11) is 0. The standard InChI is InChI=1S/C30H22Cl2N4O2S/c1-18-14-22(15-27-29(37)35-30(39-27)34-26-9-5-8-25(31)28(26)32)19(2)36(18)23-10-12-24(13-11-23)38-17-21-7-4-3-6-20(21)16-33/h3-15H,17H2,1-2H3,(H,34,35,37)/b27-15+. The van der Waals surface area contributed by atoms with Gasteiger partial charge >= 0.3 is 0 Å². The Morgan fingerprint density at radius 2 is 1.85 bits per heavy atom. The average Bonchev–Trinajstić information content (AvgIpc) is 3.42. The number of benzene rings is 3. The van der Waals surface area contributed by atoms with E-state index in [2.05, 4.69) is 20.9 Å². The summed E-state index contributed by atoms with van der Waals surface area (Å²) in [5.74, 6) is 0.489. The lowest BCUT2D eigenvalue weighted by atomic mass is 10.1. The molecule has 0 bridgehead atoms. The fraction of sp³-hybridized carbons (Fsp3) is 0.100. The molecule has 1 aliphatic rings. The van der Waals surface area contributed by atoms with E-state index in [0.29, 0.717) is 43.7 Å². The molecule has 1 aliphatic heterocycles. The number of rotatable bonds is 6. The van der Waals surface area contributed by atoms with Crippen LogP contribution in [0.3, 0.4) is 0 Å². The van der Waals surface area contributed by atoms with E-state index in [1.165, 1.54) is 11.8 Å². The van der Waals surface area contributed by atoms with Crippen LogP contribution in [0.5, 0.6) is 5.75 Å². The first-order valence-electron chi connectivity index (χ1n) is 12.0. The molecule has 194 valence electrons. The van der Waals surface area contributed by atoms with Gasteiger partial charge in [0.05, 0.1) is 32.3 Å². The maximum absolute atomic E-state index is 12.7. The lowest BCUT2D eigenvalue weighted by molar-refractivity contribution is -0.115. The minimum Gasteiger partial charge on any atom is -0.489 e. The van der Waals surface area contributed by atoms with Crippen molar-refractivity contribution in [3.05, 3.63) is 116 Å². The third kappa shape index (κ3) is 5.74. The van der Waals surface area contributed by atoms with Crippen molar-refractivity contribution in [2.45, 2.75) is 20.5 Å². The Morgan fingerprint density at radius 3 is 2.62 bits per heavy atom. The summed E-state index contributed by atoms with van der Waals surface area (Å²) in [4.78, 5) is 17.7. The number of aliphatic imine (C=N–C) groups is 1. The molecule has 4 aromatic rings. The summed E-state index contributed by atoms with van der Waals surface area (Å²) in [6.07, 6.45) is 1.87. The minimum atomic E-state index is -0.221. The number of ether oxygens (including phenoxy) is 1. The van der Waals surface area contributed by atoms with E-state index in [9.17, 15) is 10.1 Å². The van der Waals surface area contributed by atoms with Gasteiger partial charge in [0, 0.05) is 22.6 Å². The molecule has 0 unspecified atom stereocenters. The number of aromatic nitrogens is 1. The Balaban J connectivity index is 1.33. The van der Waals surface area contributed by atoms with Gasteiger partial charge in [0.2, 0.25) is 0 Å². The number of carbonyl (C=O) groups is 1. The summed E-state index contributed by atoms with van der Waals surface area (Å²) in [6.45, 7) is 4.35. The molecule has 0 radical (unpaired) electrons. The maximum atomic E-state index is 12.7. The topological polar surface area (TPSA) is 79.4 Å². The molecule has 1 amide bonds. The number of nitriles is 1. The number of thioether (sulfide) groups is 1. The van der Waals surface area contributed by atoms with E-state index in [1.54, 1.807) is 24.3 Å². The number of carbonyl (C=O) groups excluding carboxylic acids is 1. The molecule has 0 atom stereocenters. The third-order valence-corrected chi connectivity index (χ3v) is 7.91. The number of hydrogen-bond donors (Lipinski definition) is 1. The highest BCUT2D eigenvalue weighted by Crippen LogP contribution is 2.35. The van der Waals surface area contributed by atoms with Crippen LogP contribution in [0.4, 0.5) is 5.69 Å². The van der Waals surface area contributed by atoms with Gasteiger partial charge in [0.15, 0.2) is 5.17 Å². The first kappa shape index (κ1) is 26.6. The fourth-order valence-electron chi connectivity index (χ4n) is 4.25. The first-order valence-corrected chi connectivity index (χ1v) is 13.5. The number of amidine groups is 1. The minimum absolute atomic E-state index is 0.221. The summed E-state index contributed by atoms with van der Waals surface area (Å²) in [6, 6.07) is 24.6. The molecule has 3 aromatic carbocycles. The largest absolute Gasteiger partial charge is 0.489 e. The molecule has 9 heteroatoms. The van der Waals surface area contributed by atoms with Crippen molar-refractivity contribution in [3.63, 3.8) is 0 Å². The average molecular weight is 574 g/mol. The van der Waals surface area contributed by atoms with Gasteiger partial charge in [-0.05, 0) is 85.8 Å². The number of nitrogens with zero attached hydrogens (tertiary/aromatic N) is 3. The SMILES string of the molecule is Cc1cc(/C=C2/SC(=Nc3cccc(Cl)c3Cl)NC2=O)c(C)n1-c1ccc(OCc2ccccc2C#N)cc1. The van der Waals surface area contributed by atoms with E-state index in [-0.39, 0.29) is 5.91 Å². The second kappa shape index (κ2) is 11.4. The third-order valence-electron chi connectivity index (χ3n) is 6.19. The molecule has 1 saturated heterocycles. The van der Waals surface area contributed by atoms with Crippen molar-refractivity contribution in [2.75, 3.05) is 0 Å². The maximum Gasteiger partial charge on any atom is 0.264 e. The van der Waals surface area contributed by atoms with Crippen LogP contribution in [0.25, 0.3) is 11.8 Å². The van der Waals surface area contributed by atoms with Crippen molar-refractivity contribution < 1.29 is 9.53 Å². The highest BCUT2D eigenvalue weighted by Gasteiger charge is 2.25. The van der Waals surface area contributed by atoms with Crippen molar-refractivity contribution >= 4 is 57.8 Å². The molecular formula is C30H22Cl2N4O2S. The second-order valence-corrected chi connectivity index (χ2v) is 10.6. The monoisotopic (exact) mass is 572 g/mol. The van der Waals surface area contributed by atoms with Crippen LogP contribution in [0, 0.1) is 25.2 Å². The second-order valence-electron chi connectivity index (χ2n) is 8.77. The predicted molar refractivity (Wildman–Crippen MR) is 158 cm³/mol. The smallest absolute Gasteiger partial charge is 0.264 e. The Kier molecular flexibility index (Phi) is 7.80. The molecule has 0 aliphatic carbocycles. The van der Waals surface area contributed by atoms with Gasteiger partial charge in [0.25, 0.3) is 5.91 Å². The first-order chi connectivity index (χ1) is 18.8. The van der Waals surface area contributed by atoms with Crippen LogP contribution < -0.4 is 10.1 Å². The molecule has 0 spiro atoms. The molecule has 1 N–H and O–H groups in total. The van der Waals surface area contributed by atoms with Crippen LogP contribution in [-0.4, -0.2) is 15.6 Å². The molecule has 2 heterocycles. The van der Waals surface area contributed by atoms with Gasteiger partial charge in [-0.25, -0.2) is 4.99 Å². The molecule has 1 aromatic heterocycles. The summed E-state index contributed by atoms with van der Waals surface area (Å²) in [5, 5.41) is 13.3. The van der Waals surface area contributed by atoms with Crippen molar-refractivity contribution in [3.8, 4) is 17.5 Å². The predicted octanol–water partition coefficient (Wildman–Crippen LogP) is 7.74. The van der Waals surface area contributed by atoms with E-state index in [4.69, 9.17) is 27.9 Å². The number of nitrogens with one attached hydrogen (secondary N) is 1. The number of halogens is 2. The lowest BCUT2D eigenvalue weighted by Crippen LogP contribution is -2.19. The zero-order valence-corrected chi connectivity index (χ0v) is 23.4. The Hall–Kier alpha value is -3.96. The van der Waals surface area contributed by atoms with Gasteiger partial charge in [0.1, 0.15) is 12.4 Å². The Labute approximate surface area is 240 Å². The molecule has 6 nitrogen and oxygen atoms in total. The number of amides is 1. The highest BCUT2D eigenvalue weighted by molar-refractivity contribution is 8.18. The van der Waals surface area contributed by atoms with Gasteiger partial charge in [-0.1, -0.05) is 47.5 Å². The van der Waals surface area contributed by atoms with Crippen LogP contribution in [0.15, 0.2) is 82.7 Å². The molecule has 39 heavy (non-hydrogen) atoms. The zero-order valence-electron chi connectivity index (χ0n) is 21.0. The fourth-order valence-corrected chi connectivity index (χ4v) is 5.41. The van der Waals surface area contributed by atoms with Gasteiger partial charge in [-0.3, -0.25) is 4.79 Å². The summed E-state index contributed by atoms with van der Waals surface area (Å²) < 4.78 is 8.04. The van der Waals surface area contributed by atoms with Crippen LogP contribution in [0.2, 0.25) is 10.0 Å². The van der Waals surface area contributed by atoms with Crippen molar-refractivity contribution in [1.29, 1.82) is 5.26 Å². The van der Waals surface area contributed by atoms with Crippen molar-refractivity contribution in [1.82, 2.24) is 9.88 Å². The Bertz CT molecular complexity index is 1680.